The van der Waals surface area contributed by atoms with E-state index in [0.717, 1.165) is 23.3 Å². The number of urea groups is 1. The molecule has 0 atom stereocenters. The zero-order chi connectivity index (χ0) is 18.7. The molecule has 1 heterocycles. The van der Waals surface area contributed by atoms with Crippen molar-refractivity contribution in [3.05, 3.63) is 34.9 Å². The van der Waals surface area contributed by atoms with Gasteiger partial charge in [-0.2, -0.15) is 0 Å². The number of nitrogens with zero attached hydrogens (tertiary/aromatic N) is 1. The summed E-state index contributed by atoms with van der Waals surface area (Å²) in [6.45, 7) is 2.36. The number of halogens is 1. The van der Waals surface area contributed by atoms with Crippen LogP contribution < -0.4 is 10.6 Å². The number of rotatable bonds is 5. The fourth-order valence-corrected chi connectivity index (χ4v) is 3.74. The molecule has 2 fully saturated rings. The quantitative estimate of drug-likeness (QED) is 0.774. The minimum Gasteiger partial charge on any atom is -0.354 e. The Kier molecular flexibility index (Phi) is 5.51. The first-order chi connectivity index (χ1) is 12.4. The van der Waals surface area contributed by atoms with Gasteiger partial charge in [0, 0.05) is 11.6 Å². The van der Waals surface area contributed by atoms with Crippen molar-refractivity contribution in [3.8, 4) is 0 Å². The van der Waals surface area contributed by atoms with E-state index in [1.807, 2.05) is 12.1 Å². The lowest BCUT2D eigenvalue weighted by Gasteiger charge is -2.33. The number of hydrogen-bond acceptors (Lipinski definition) is 3. The van der Waals surface area contributed by atoms with Crippen LogP contribution in [0.2, 0.25) is 5.02 Å². The van der Waals surface area contributed by atoms with Crippen LogP contribution in [0.15, 0.2) is 24.3 Å². The van der Waals surface area contributed by atoms with E-state index in [4.69, 9.17) is 11.6 Å². The number of imide groups is 1. The standard InChI is InChI=1S/C19H24ClN3O3/c1-13-6-9-19(10-7-13)17(25)23(18(26)22-19)12-16(24)21-11-8-14-2-4-15(20)5-3-14/h2-5,13H,6-12H2,1H3,(H,21,24)(H,22,26). The van der Waals surface area contributed by atoms with E-state index in [1.165, 1.54) is 0 Å². The normalized spacial score (nSPS) is 25.5. The molecule has 0 bridgehead atoms. The van der Waals surface area contributed by atoms with Gasteiger partial charge in [0.25, 0.3) is 5.91 Å². The molecule has 1 aromatic rings. The van der Waals surface area contributed by atoms with Gasteiger partial charge in [0.2, 0.25) is 5.91 Å². The van der Waals surface area contributed by atoms with Crippen LogP contribution in [0.4, 0.5) is 4.79 Å². The highest BCUT2D eigenvalue weighted by Crippen LogP contribution is 2.36. The molecule has 140 valence electrons. The number of carbonyl (C=O) groups is 3. The lowest BCUT2D eigenvalue weighted by molar-refractivity contribution is -0.136. The van der Waals surface area contributed by atoms with Crippen LogP contribution in [0.1, 0.15) is 38.2 Å². The second-order valence-electron chi connectivity index (χ2n) is 7.31. The van der Waals surface area contributed by atoms with E-state index in [9.17, 15) is 14.4 Å². The van der Waals surface area contributed by atoms with E-state index in [1.54, 1.807) is 12.1 Å². The van der Waals surface area contributed by atoms with Crippen molar-refractivity contribution in [1.29, 1.82) is 0 Å². The predicted molar refractivity (Wildman–Crippen MR) is 98.8 cm³/mol. The summed E-state index contributed by atoms with van der Waals surface area (Å²) in [7, 11) is 0. The predicted octanol–water partition coefficient (Wildman–Crippen LogP) is 2.50. The van der Waals surface area contributed by atoms with E-state index in [0.29, 0.717) is 36.7 Å². The van der Waals surface area contributed by atoms with E-state index < -0.39 is 11.6 Å². The molecule has 1 saturated heterocycles. The summed E-state index contributed by atoms with van der Waals surface area (Å²) in [6, 6.07) is 6.95. The fraction of sp³-hybridized carbons (Fsp3) is 0.526. The Labute approximate surface area is 158 Å². The summed E-state index contributed by atoms with van der Waals surface area (Å²) in [6.07, 6.45) is 3.77. The van der Waals surface area contributed by atoms with Crippen LogP contribution in [0.5, 0.6) is 0 Å². The molecule has 1 aliphatic heterocycles. The molecule has 2 N–H and O–H groups in total. The SMILES string of the molecule is CC1CCC2(CC1)NC(=O)N(CC(=O)NCCc1ccc(Cl)cc1)C2=O. The number of hydrogen-bond donors (Lipinski definition) is 2. The molecule has 1 aromatic carbocycles. The lowest BCUT2D eigenvalue weighted by Crippen LogP contribution is -2.50. The molecule has 0 aromatic heterocycles. The number of carbonyl (C=O) groups excluding carboxylic acids is 3. The Balaban J connectivity index is 1.50. The van der Waals surface area contributed by atoms with Crippen molar-refractivity contribution >= 4 is 29.4 Å². The Morgan fingerprint density at radius 1 is 1.27 bits per heavy atom. The van der Waals surface area contributed by atoms with Gasteiger partial charge in [0.15, 0.2) is 0 Å². The molecule has 7 heteroatoms. The van der Waals surface area contributed by atoms with E-state index >= 15 is 0 Å². The number of amides is 4. The third-order valence-electron chi connectivity index (χ3n) is 5.32. The van der Waals surface area contributed by atoms with Crippen LogP contribution in [-0.2, 0) is 16.0 Å². The van der Waals surface area contributed by atoms with Crippen LogP contribution in [0.25, 0.3) is 0 Å². The molecular formula is C19H24ClN3O3. The topological polar surface area (TPSA) is 78.5 Å². The minimum absolute atomic E-state index is 0.234. The summed E-state index contributed by atoms with van der Waals surface area (Å²) < 4.78 is 0. The summed E-state index contributed by atoms with van der Waals surface area (Å²) in [5.74, 6) is -0.0264. The first-order valence-corrected chi connectivity index (χ1v) is 9.43. The van der Waals surface area contributed by atoms with Gasteiger partial charge < -0.3 is 10.6 Å². The highest BCUT2D eigenvalue weighted by atomic mass is 35.5. The zero-order valence-electron chi connectivity index (χ0n) is 14.9. The number of benzene rings is 1. The van der Waals surface area contributed by atoms with E-state index in [2.05, 4.69) is 17.6 Å². The highest BCUT2D eigenvalue weighted by molar-refractivity contribution is 6.30. The largest absolute Gasteiger partial charge is 0.354 e. The van der Waals surface area contributed by atoms with Gasteiger partial charge in [-0.05, 0) is 55.7 Å². The molecule has 3 rings (SSSR count). The molecule has 0 unspecified atom stereocenters. The maximum Gasteiger partial charge on any atom is 0.325 e. The second kappa shape index (κ2) is 7.66. The Hall–Kier alpha value is -2.08. The molecule has 1 saturated carbocycles. The van der Waals surface area contributed by atoms with Gasteiger partial charge in [0.1, 0.15) is 12.1 Å². The molecular weight excluding hydrogens is 354 g/mol. The molecule has 6 nitrogen and oxygen atoms in total. The highest BCUT2D eigenvalue weighted by Gasteiger charge is 2.52. The van der Waals surface area contributed by atoms with Gasteiger partial charge in [0.05, 0.1) is 0 Å². The first-order valence-electron chi connectivity index (χ1n) is 9.05. The number of nitrogens with one attached hydrogen (secondary N) is 2. The molecule has 1 spiro atoms. The van der Waals surface area contributed by atoms with Crippen LogP contribution >= 0.6 is 11.6 Å². The lowest BCUT2D eigenvalue weighted by atomic mass is 9.77. The fourth-order valence-electron chi connectivity index (χ4n) is 3.61. The minimum atomic E-state index is -0.798. The summed E-state index contributed by atoms with van der Waals surface area (Å²) in [4.78, 5) is 38.1. The molecule has 2 aliphatic rings. The van der Waals surface area contributed by atoms with Gasteiger partial charge in [-0.1, -0.05) is 30.7 Å². The summed E-state index contributed by atoms with van der Waals surface area (Å²) in [5, 5.41) is 6.26. The molecule has 26 heavy (non-hydrogen) atoms. The second-order valence-corrected chi connectivity index (χ2v) is 7.75. The van der Waals surface area contributed by atoms with Crippen LogP contribution in [0.3, 0.4) is 0 Å². The van der Waals surface area contributed by atoms with Crippen molar-refractivity contribution in [2.45, 2.75) is 44.6 Å². The maximum atomic E-state index is 12.7. The van der Waals surface area contributed by atoms with E-state index in [-0.39, 0.29) is 18.4 Å². The van der Waals surface area contributed by atoms with Crippen LogP contribution in [0, 0.1) is 5.92 Å². The van der Waals surface area contributed by atoms with Crippen molar-refractivity contribution in [2.24, 2.45) is 5.92 Å². The third-order valence-corrected chi connectivity index (χ3v) is 5.58. The summed E-state index contributed by atoms with van der Waals surface area (Å²) >= 11 is 5.84. The summed E-state index contributed by atoms with van der Waals surface area (Å²) in [5.41, 5.74) is 0.257. The van der Waals surface area contributed by atoms with Crippen molar-refractivity contribution in [2.75, 3.05) is 13.1 Å². The molecule has 1 aliphatic carbocycles. The van der Waals surface area contributed by atoms with Crippen molar-refractivity contribution in [3.63, 3.8) is 0 Å². The molecule has 4 amide bonds. The van der Waals surface area contributed by atoms with Crippen LogP contribution in [-0.4, -0.2) is 41.4 Å². The van der Waals surface area contributed by atoms with Gasteiger partial charge >= 0.3 is 6.03 Å². The van der Waals surface area contributed by atoms with Gasteiger partial charge in [-0.25, -0.2) is 4.79 Å². The Morgan fingerprint density at radius 3 is 2.58 bits per heavy atom. The Morgan fingerprint density at radius 2 is 1.92 bits per heavy atom. The zero-order valence-corrected chi connectivity index (χ0v) is 15.6. The first kappa shape index (κ1) is 18.7. The smallest absolute Gasteiger partial charge is 0.325 e. The maximum absolute atomic E-state index is 12.7. The average Bonchev–Trinajstić information content (AvgIpc) is 2.84. The third kappa shape index (κ3) is 4.01. The van der Waals surface area contributed by atoms with Crippen molar-refractivity contribution < 1.29 is 14.4 Å². The monoisotopic (exact) mass is 377 g/mol. The van der Waals surface area contributed by atoms with Gasteiger partial charge in [-0.3, -0.25) is 14.5 Å². The van der Waals surface area contributed by atoms with Crippen molar-refractivity contribution in [1.82, 2.24) is 15.5 Å². The Bertz CT molecular complexity index is 696. The average molecular weight is 378 g/mol. The van der Waals surface area contributed by atoms with Gasteiger partial charge in [-0.15, -0.1) is 0 Å². The molecule has 0 radical (unpaired) electrons.